The Morgan fingerprint density at radius 3 is 2.57 bits per heavy atom. The Morgan fingerprint density at radius 1 is 1.26 bits per heavy atom. The summed E-state index contributed by atoms with van der Waals surface area (Å²) in [6.07, 6.45) is 4.58. The molecule has 1 aromatic carbocycles. The third-order valence-corrected chi connectivity index (χ3v) is 3.57. The van der Waals surface area contributed by atoms with Gasteiger partial charge in [-0.05, 0) is 44.1 Å². The summed E-state index contributed by atoms with van der Waals surface area (Å²) in [5, 5.41) is 2.89. The number of anilines is 1. The summed E-state index contributed by atoms with van der Waals surface area (Å²) in [6, 6.07) is 7.77. The summed E-state index contributed by atoms with van der Waals surface area (Å²) in [5.41, 5.74) is 1.88. The Hall–Kier alpha value is -2.14. The van der Waals surface area contributed by atoms with Crippen molar-refractivity contribution < 1.29 is 4.79 Å². The van der Waals surface area contributed by atoms with Crippen molar-refractivity contribution in [1.29, 1.82) is 0 Å². The molecule has 0 aliphatic carbocycles. The molecule has 0 saturated carbocycles. The topological polar surface area (TPSA) is 50.2 Å². The lowest BCUT2D eigenvalue weighted by atomic mass is 10.1. The number of nitrogens with zero attached hydrogens (tertiary/aromatic N) is 3. The van der Waals surface area contributed by atoms with Crippen molar-refractivity contribution in [3.8, 4) is 0 Å². The lowest BCUT2D eigenvalue weighted by Gasteiger charge is -2.11. The number of rotatable bonds is 7. The van der Waals surface area contributed by atoms with E-state index in [1.807, 2.05) is 35.0 Å². The van der Waals surface area contributed by atoms with Crippen LogP contribution in [0.4, 0.5) is 5.95 Å². The van der Waals surface area contributed by atoms with Crippen LogP contribution >= 0.6 is 0 Å². The SMILES string of the molecule is CC(C)Cn1ccnc1NC(=O)c1ccc(CCN(C)C)cc1. The molecule has 0 unspecified atom stereocenters. The molecule has 0 atom stereocenters. The molecule has 0 bridgehead atoms. The molecule has 124 valence electrons. The number of hydrogen-bond donors (Lipinski definition) is 1. The normalized spacial score (nSPS) is 11.2. The van der Waals surface area contributed by atoms with E-state index in [4.69, 9.17) is 0 Å². The Morgan fingerprint density at radius 2 is 1.96 bits per heavy atom. The molecule has 0 aliphatic heterocycles. The van der Waals surface area contributed by atoms with Crippen LogP contribution in [0.3, 0.4) is 0 Å². The van der Waals surface area contributed by atoms with E-state index in [9.17, 15) is 4.79 Å². The number of benzene rings is 1. The van der Waals surface area contributed by atoms with Crippen LogP contribution in [0.2, 0.25) is 0 Å². The van der Waals surface area contributed by atoms with Gasteiger partial charge in [0, 0.05) is 31.0 Å². The van der Waals surface area contributed by atoms with E-state index in [-0.39, 0.29) is 5.91 Å². The average Bonchev–Trinajstić information content (AvgIpc) is 2.92. The van der Waals surface area contributed by atoms with Crippen molar-refractivity contribution in [3.05, 3.63) is 47.8 Å². The molecule has 1 N–H and O–H groups in total. The zero-order valence-electron chi connectivity index (χ0n) is 14.4. The van der Waals surface area contributed by atoms with Gasteiger partial charge < -0.3 is 9.47 Å². The van der Waals surface area contributed by atoms with Crippen LogP contribution in [0, 0.1) is 5.92 Å². The zero-order valence-corrected chi connectivity index (χ0v) is 14.4. The third-order valence-electron chi connectivity index (χ3n) is 3.57. The van der Waals surface area contributed by atoms with Gasteiger partial charge >= 0.3 is 0 Å². The predicted molar refractivity (Wildman–Crippen MR) is 93.7 cm³/mol. The van der Waals surface area contributed by atoms with E-state index in [1.54, 1.807) is 6.20 Å². The summed E-state index contributed by atoms with van der Waals surface area (Å²) in [6.45, 7) is 6.10. The Balaban J connectivity index is 1.99. The minimum atomic E-state index is -0.125. The molecule has 1 heterocycles. The molecule has 0 aliphatic rings. The monoisotopic (exact) mass is 314 g/mol. The first kappa shape index (κ1) is 17.2. The highest BCUT2D eigenvalue weighted by molar-refractivity contribution is 6.03. The van der Waals surface area contributed by atoms with Crippen molar-refractivity contribution in [2.45, 2.75) is 26.8 Å². The van der Waals surface area contributed by atoms with Crippen LogP contribution in [-0.4, -0.2) is 41.0 Å². The third kappa shape index (κ3) is 5.21. The fourth-order valence-electron chi connectivity index (χ4n) is 2.32. The largest absolute Gasteiger partial charge is 0.317 e. The fraction of sp³-hybridized carbons (Fsp3) is 0.444. The molecule has 1 aromatic heterocycles. The van der Waals surface area contributed by atoms with Crippen molar-refractivity contribution in [1.82, 2.24) is 14.5 Å². The molecule has 2 rings (SSSR count). The number of carbonyl (C=O) groups excluding carboxylic acids is 1. The second kappa shape index (κ2) is 7.92. The summed E-state index contributed by atoms with van der Waals surface area (Å²) in [7, 11) is 4.11. The maximum absolute atomic E-state index is 12.4. The first-order valence-electron chi connectivity index (χ1n) is 8.02. The molecule has 23 heavy (non-hydrogen) atoms. The summed E-state index contributed by atoms with van der Waals surface area (Å²) in [5.74, 6) is 0.969. The van der Waals surface area contributed by atoms with E-state index in [0.29, 0.717) is 17.4 Å². The lowest BCUT2D eigenvalue weighted by molar-refractivity contribution is 0.102. The molecule has 0 saturated heterocycles. The number of aromatic nitrogens is 2. The summed E-state index contributed by atoms with van der Waals surface area (Å²) < 4.78 is 1.97. The van der Waals surface area contributed by atoms with Gasteiger partial charge in [-0.2, -0.15) is 0 Å². The Labute approximate surface area is 138 Å². The quantitative estimate of drug-likeness (QED) is 0.855. The Kier molecular flexibility index (Phi) is 5.93. The van der Waals surface area contributed by atoms with Crippen LogP contribution in [0.25, 0.3) is 0 Å². The molecule has 0 radical (unpaired) electrons. The minimum Gasteiger partial charge on any atom is -0.317 e. The molecule has 5 heteroatoms. The molecular weight excluding hydrogens is 288 g/mol. The van der Waals surface area contributed by atoms with Gasteiger partial charge in [-0.1, -0.05) is 26.0 Å². The van der Waals surface area contributed by atoms with Crippen LogP contribution in [0.5, 0.6) is 0 Å². The van der Waals surface area contributed by atoms with Gasteiger partial charge in [0.25, 0.3) is 5.91 Å². The van der Waals surface area contributed by atoms with E-state index >= 15 is 0 Å². The molecular formula is C18H26N4O. The zero-order chi connectivity index (χ0) is 16.8. The molecule has 0 fully saturated rings. The number of nitrogens with one attached hydrogen (secondary N) is 1. The van der Waals surface area contributed by atoms with Gasteiger partial charge in [-0.3, -0.25) is 10.1 Å². The van der Waals surface area contributed by atoms with Gasteiger partial charge in [0.15, 0.2) is 0 Å². The van der Waals surface area contributed by atoms with E-state index in [1.165, 1.54) is 5.56 Å². The summed E-state index contributed by atoms with van der Waals surface area (Å²) in [4.78, 5) is 18.7. The smallest absolute Gasteiger partial charge is 0.257 e. The maximum Gasteiger partial charge on any atom is 0.257 e. The fourth-order valence-corrected chi connectivity index (χ4v) is 2.32. The molecule has 2 aromatic rings. The lowest BCUT2D eigenvalue weighted by Crippen LogP contribution is -2.17. The molecule has 1 amide bonds. The number of hydrogen-bond acceptors (Lipinski definition) is 3. The van der Waals surface area contributed by atoms with Crippen molar-refractivity contribution in [3.63, 3.8) is 0 Å². The number of imidazole rings is 1. The van der Waals surface area contributed by atoms with E-state index < -0.39 is 0 Å². The standard InChI is InChI=1S/C18H26N4O/c1-14(2)13-22-12-10-19-18(22)20-17(23)16-7-5-15(6-8-16)9-11-21(3)4/h5-8,10,12,14H,9,11,13H2,1-4H3,(H,19,20,23). The molecule has 5 nitrogen and oxygen atoms in total. The van der Waals surface area contributed by atoms with Crippen LogP contribution in [-0.2, 0) is 13.0 Å². The predicted octanol–water partition coefficient (Wildman–Crippen LogP) is 2.90. The van der Waals surface area contributed by atoms with Crippen molar-refractivity contribution in [2.75, 3.05) is 26.0 Å². The average molecular weight is 314 g/mol. The van der Waals surface area contributed by atoms with Gasteiger partial charge in [0.1, 0.15) is 0 Å². The first-order chi connectivity index (χ1) is 11.0. The Bertz CT molecular complexity index is 629. The van der Waals surface area contributed by atoms with Crippen LogP contribution in [0.15, 0.2) is 36.7 Å². The summed E-state index contributed by atoms with van der Waals surface area (Å²) >= 11 is 0. The van der Waals surface area contributed by atoms with Gasteiger partial charge in [-0.25, -0.2) is 4.98 Å². The maximum atomic E-state index is 12.4. The van der Waals surface area contributed by atoms with E-state index in [0.717, 1.165) is 19.5 Å². The van der Waals surface area contributed by atoms with Gasteiger partial charge in [-0.15, -0.1) is 0 Å². The highest BCUT2D eigenvalue weighted by Crippen LogP contribution is 2.11. The molecule has 0 spiro atoms. The number of amides is 1. The van der Waals surface area contributed by atoms with E-state index in [2.05, 4.69) is 43.1 Å². The van der Waals surface area contributed by atoms with Gasteiger partial charge in [0.05, 0.1) is 0 Å². The number of carbonyl (C=O) groups is 1. The van der Waals surface area contributed by atoms with Crippen molar-refractivity contribution in [2.24, 2.45) is 5.92 Å². The van der Waals surface area contributed by atoms with Crippen molar-refractivity contribution >= 4 is 11.9 Å². The first-order valence-corrected chi connectivity index (χ1v) is 8.02. The van der Waals surface area contributed by atoms with Crippen LogP contribution in [0.1, 0.15) is 29.8 Å². The highest BCUT2D eigenvalue weighted by atomic mass is 16.1. The van der Waals surface area contributed by atoms with Gasteiger partial charge in [0.2, 0.25) is 5.95 Å². The second-order valence-corrected chi connectivity index (χ2v) is 6.50. The second-order valence-electron chi connectivity index (χ2n) is 6.50. The van der Waals surface area contributed by atoms with Crippen LogP contribution < -0.4 is 5.32 Å². The highest BCUT2D eigenvalue weighted by Gasteiger charge is 2.10. The minimum absolute atomic E-state index is 0.125. The number of likely N-dealkylation sites (N-methyl/N-ethyl adjacent to an activating group) is 1.